The number of ether oxygens (including phenoxy) is 1. The van der Waals surface area contributed by atoms with Gasteiger partial charge in [0.05, 0.1) is 6.61 Å². The van der Waals surface area contributed by atoms with Crippen LogP contribution in [0.25, 0.3) is 0 Å². The molecule has 0 amide bonds. The average molecular weight is 728 g/mol. The number of hydrogen-bond donors (Lipinski definition) is 0. The number of unbranched alkanes of at least 4 members (excludes halogenated alkanes) is 4. The van der Waals surface area contributed by atoms with Crippen LogP contribution in [-0.2, 0) is 26.0 Å². The molecule has 6 nitrogen and oxygen atoms in total. The normalized spacial score (nSPS) is 14.1. The molecule has 0 radical (unpaired) electrons. The highest BCUT2D eigenvalue weighted by molar-refractivity contribution is 6.76. The number of hydrogen-bond acceptors (Lipinski definition) is 6. The molecule has 0 aromatic heterocycles. The maximum Gasteiger partial charge on any atom is 0.330 e. The molecule has 0 heterocycles. The van der Waals surface area contributed by atoms with E-state index in [4.69, 9.17) is 21.2 Å². The minimum atomic E-state index is -1.51. The van der Waals surface area contributed by atoms with Gasteiger partial charge < -0.3 is 21.2 Å². The highest BCUT2D eigenvalue weighted by Gasteiger charge is 2.24. The van der Waals surface area contributed by atoms with E-state index in [2.05, 4.69) is 65.5 Å². The molecule has 42 heavy (non-hydrogen) atoms. The summed E-state index contributed by atoms with van der Waals surface area (Å²) in [7, 11) is -7.21. The third kappa shape index (κ3) is 29.5. The second-order valence-electron chi connectivity index (χ2n) is 14.6. The Morgan fingerprint density at radius 1 is 0.548 bits per heavy atom. The molecule has 0 aliphatic rings. The number of carbonyl (C=O) groups is 1. The summed E-state index contributed by atoms with van der Waals surface area (Å²) in [6.45, 7) is 25.3. The third-order valence-corrected chi connectivity index (χ3v) is 31.4. The molecule has 250 valence electrons. The van der Waals surface area contributed by atoms with Crippen LogP contribution < -0.4 is 0 Å². The lowest BCUT2D eigenvalue weighted by molar-refractivity contribution is -0.137. The van der Waals surface area contributed by atoms with E-state index in [1.54, 1.807) is 0 Å². The van der Waals surface area contributed by atoms with E-state index in [9.17, 15) is 4.79 Å². The first-order valence-electron chi connectivity index (χ1n) is 16.9. The Hall–Kier alpha value is 0.785. The van der Waals surface area contributed by atoms with Gasteiger partial charge in [-0.1, -0.05) is 51.5 Å². The van der Waals surface area contributed by atoms with Crippen molar-refractivity contribution in [3.8, 4) is 0 Å². The predicted octanol–water partition coefficient (Wildman–Crippen LogP) is 6.36. The molecular weight excluding hydrogens is 657 g/mol. The van der Waals surface area contributed by atoms with Gasteiger partial charge in [-0.2, -0.15) is 0 Å². The van der Waals surface area contributed by atoms with Gasteiger partial charge in [-0.3, -0.25) is 0 Å². The first-order valence-corrected chi connectivity index (χ1v) is 36.0. The fourth-order valence-electron chi connectivity index (χ4n) is 4.74. The number of esters is 1. The van der Waals surface area contributed by atoms with E-state index >= 15 is 0 Å². The summed E-state index contributed by atoms with van der Waals surface area (Å²) in [6.07, 6.45) is 11.2. The molecule has 0 aliphatic carbocycles. The van der Waals surface area contributed by atoms with Crippen molar-refractivity contribution in [2.24, 2.45) is 0 Å². The molecule has 0 unspecified atom stereocenters. The molecule has 0 spiro atoms. The van der Waals surface area contributed by atoms with Gasteiger partial charge >= 0.3 is 5.97 Å². The summed E-state index contributed by atoms with van der Waals surface area (Å²) in [5, 5.41) is 0. The van der Waals surface area contributed by atoms with Gasteiger partial charge in [0.1, 0.15) is 39.1 Å². The van der Waals surface area contributed by atoms with Crippen molar-refractivity contribution in [2.45, 2.75) is 153 Å². The van der Waals surface area contributed by atoms with E-state index < -0.39 is 43.0 Å². The van der Waals surface area contributed by atoms with E-state index in [0.29, 0.717) is 6.61 Å². The minimum Gasteiger partial charge on any atom is -0.463 e. The van der Waals surface area contributed by atoms with Gasteiger partial charge in [0.2, 0.25) is 0 Å². The van der Waals surface area contributed by atoms with Gasteiger partial charge in [0.25, 0.3) is 0 Å². The Bertz CT molecular complexity index is 704. The van der Waals surface area contributed by atoms with Gasteiger partial charge in [-0.25, -0.2) is 4.79 Å². The molecule has 0 atom stereocenters. The summed E-state index contributed by atoms with van der Waals surface area (Å²) in [5.41, 5.74) is 0. The van der Waals surface area contributed by atoms with Crippen molar-refractivity contribution < 1.29 is 26.0 Å². The summed E-state index contributed by atoms with van der Waals surface area (Å²) in [5.74, 6) is -0.322. The van der Waals surface area contributed by atoms with Crippen molar-refractivity contribution in [3.63, 3.8) is 0 Å². The monoisotopic (exact) mass is 726 g/mol. The first-order chi connectivity index (χ1) is 19.6. The molecule has 14 heteroatoms. The standard InChI is InChI=1S/C28H70O6Si8/c1-11-28(29)30-20-12-13-21-36-32-40(5,6)26-18-15-23-38-34-42(9,10)27-19-16-24-37-33-41(7,8)25-17-14-22-35-31-39(2,3)4/h11H,1,12-27,35-38H2,2-10H3. The Morgan fingerprint density at radius 3 is 1.21 bits per heavy atom. The Labute approximate surface area is 274 Å². The molecule has 0 saturated carbocycles. The second kappa shape index (κ2) is 24.0. The van der Waals surface area contributed by atoms with Crippen LogP contribution in [0.2, 0.25) is 101 Å². The van der Waals surface area contributed by atoms with Gasteiger partial charge in [-0.05, 0) is 108 Å². The fraction of sp³-hybridized carbons (Fsp3) is 0.893. The number of rotatable bonds is 29. The maximum atomic E-state index is 11.0. The topological polar surface area (TPSA) is 63.2 Å². The van der Waals surface area contributed by atoms with Crippen molar-refractivity contribution in [3.05, 3.63) is 12.7 Å². The lowest BCUT2D eigenvalue weighted by atomic mass is 10.4. The molecule has 0 bridgehead atoms. The summed E-state index contributed by atoms with van der Waals surface area (Å²) < 4.78 is 30.6. The lowest BCUT2D eigenvalue weighted by Crippen LogP contribution is -2.33. The summed E-state index contributed by atoms with van der Waals surface area (Å²) >= 11 is 0. The SMILES string of the molecule is C=CC(=O)OCCCC[SiH2]O[Si](C)(C)CCCC[SiH2]O[Si](C)(C)CCCC[SiH2]O[Si](C)(C)CCCC[SiH2]O[Si](C)(C)C. The van der Waals surface area contributed by atoms with Crippen molar-refractivity contribution in [1.82, 2.24) is 0 Å². The minimum absolute atomic E-state index is 0.290. The van der Waals surface area contributed by atoms with Crippen LogP contribution in [-0.4, -0.2) is 84.9 Å². The lowest BCUT2D eigenvalue weighted by Gasteiger charge is -2.25. The van der Waals surface area contributed by atoms with Crippen LogP contribution in [0.1, 0.15) is 51.4 Å². The highest BCUT2D eigenvalue weighted by Crippen LogP contribution is 2.20. The molecular formula is C28H70O6Si8. The van der Waals surface area contributed by atoms with Gasteiger partial charge in [0.15, 0.2) is 33.3 Å². The van der Waals surface area contributed by atoms with Crippen LogP contribution in [0.5, 0.6) is 0 Å². The van der Waals surface area contributed by atoms with Crippen LogP contribution in [0.4, 0.5) is 0 Å². The second-order valence-corrected chi connectivity index (χ2v) is 40.0. The van der Waals surface area contributed by atoms with E-state index in [-0.39, 0.29) is 35.3 Å². The number of carbonyl (C=O) groups excluding carboxylic acids is 1. The zero-order chi connectivity index (χ0) is 32.0. The van der Waals surface area contributed by atoms with Gasteiger partial charge in [0, 0.05) is 6.08 Å². The molecule has 0 N–H and O–H groups in total. The molecule has 0 rings (SSSR count). The first kappa shape index (κ1) is 42.8. The third-order valence-electron chi connectivity index (χ3n) is 7.48. The summed E-state index contributed by atoms with van der Waals surface area (Å²) in [4.78, 5) is 11.0. The van der Waals surface area contributed by atoms with E-state index in [1.807, 2.05) is 0 Å². The largest absolute Gasteiger partial charge is 0.463 e. The van der Waals surface area contributed by atoms with Crippen molar-refractivity contribution >= 4 is 78.3 Å². The Balaban J connectivity index is 3.74. The van der Waals surface area contributed by atoms with Crippen LogP contribution in [0.15, 0.2) is 12.7 Å². The van der Waals surface area contributed by atoms with E-state index in [0.717, 1.165) is 12.8 Å². The molecule has 0 aromatic rings. The van der Waals surface area contributed by atoms with Crippen molar-refractivity contribution in [2.75, 3.05) is 6.61 Å². The molecule has 0 fully saturated rings. The van der Waals surface area contributed by atoms with Gasteiger partial charge in [-0.15, -0.1) is 0 Å². The Kier molecular flexibility index (Phi) is 24.5. The summed E-state index contributed by atoms with van der Waals surface area (Å²) in [6, 6.07) is 9.08. The Morgan fingerprint density at radius 2 is 0.881 bits per heavy atom. The highest BCUT2D eigenvalue weighted by atomic mass is 28.4. The fourth-order valence-corrected chi connectivity index (χ4v) is 23.4. The van der Waals surface area contributed by atoms with Crippen LogP contribution in [0, 0.1) is 0 Å². The van der Waals surface area contributed by atoms with Crippen LogP contribution in [0.3, 0.4) is 0 Å². The molecule has 0 aromatic carbocycles. The smallest absolute Gasteiger partial charge is 0.330 e. The van der Waals surface area contributed by atoms with Crippen LogP contribution >= 0.6 is 0 Å². The molecule has 0 aliphatic heterocycles. The van der Waals surface area contributed by atoms with E-state index in [1.165, 1.54) is 86.9 Å². The average Bonchev–Trinajstić information content (AvgIpc) is 2.88. The quantitative estimate of drug-likeness (QED) is 0.0387. The molecule has 0 saturated heterocycles. The maximum absolute atomic E-state index is 11.0. The van der Waals surface area contributed by atoms with Crippen molar-refractivity contribution in [1.29, 1.82) is 0 Å². The zero-order valence-electron chi connectivity index (χ0n) is 29.4. The predicted molar refractivity (Wildman–Crippen MR) is 206 cm³/mol. The zero-order valence-corrected chi connectivity index (χ0v) is 39.0.